The lowest BCUT2D eigenvalue weighted by Crippen LogP contribution is -2.27. The number of hydrogen-bond acceptors (Lipinski definition) is 0. The number of nitrogens with one attached hydrogen (secondary N) is 1. The van der Waals surface area contributed by atoms with Crippen LogP contribution in [0.1, 0.15) is 45.2 Å². The molecule has 0 spiro atoms. The molecule has 0 amide bonds. The van der Waals surface area contributed by atoms with Crippen LogP contribution in [-0.2, 0) is 0 Å². The van der Waals surface area contributed by atoms with Crippen LogP contribution in [-0.4, -0.2) is 4.98 Å². The van der Waals surface area contributed by atoms with Gasteiger partial charge in [-0.25, -0.2) is 0 Å². The molecule has 0 unspecified atom stereocenters. The lowest BCUT2D eigenvalue weighted by molar-refractivity contribution is 0.756. The van der Waals surface area contributed by atoms with Gasteiger partial charge in [0.05, 0.1) is 0 Å². The molecule has 0 saturated carbocycles. The van der Waals surface area contributed by atoms with Crippen molar-refractivity contribution in [2.45, 2.75) is 11.8 Å². The predicted molar refractivity (Wildman–Crippen MR) is 111 cm³/mol. The Labute approximate surface area is 157 Å². The highest BCUT2D eigenvalue weighted by atomic mass is 14.7. The number of aromatic nitrogens is 1. The van der Waals surface area contributed by atoms with E-state index in [9.17, 15) is 0 Å². The molecule has 0 aliphatic heterocycles. The van der Waals surface area contributed by atoms with Crippen molar-refractivity contribution in [3.63, 3.8) is 0 Å². The number of fused-ring (bicyclic) bond motifs is 3. The van der Waals surface area contributed by atoms with Gasteiger partial charge in [-0.1, -0.05) is 66.7 Å². The molecule has 126 valence electrons. The number of hydrogen-bond donors (Lipinski definition) is 1. The van der Waals surface area contributed by atoms with E-state index in [4.69, 9.17) is 0 Å². The third-order valence-electron chi connectivity index (χ3n) is 6.57. The van der Waals surface area contributed by atoms with Crippen molar-refractivity contribution < 1.29 is 0 Å². The maximum atomic E-state index is 3.64. The van der Waals surface area contributed by atoms with E-state index in [-0.39, 0.29) is 0 Å². The highest BCUT2D eigenvalue weighted by Gasteiger charge is 2.41. The predicted octanol–water partition coefficient (Wildman–Crippen LogP) is 6.31. The monoisotopic (exact) mass is 343 g/mol. The van der Waals surface area contributed by atoms with Crippen LogP contribution in [0.15, 0.2) is 84.9 Å². The molecule has 0 atom stereocenters. The minimum absolute atomic E-state index is 0.341. The Morgan fingerprint density at radius 1 is 0.444 bits per heavy atom. The van der Waals surface area contributed by atoms with Gasteiger partial charge in [-0.3, -0.25) is 0 Å². The molecular formula is C26H17N. The number of aromatic amines is 1. The topological polar surface area (TPSA) is 15.8 Å². The third kappa shape index (κ3) is 1.61. The van der Waals surface area contributed by atoms with Crippen molar-refractivity contribution in [1.82, 2.24) is 4.98 Å². The summed E-state index contributed by atoms with van der Waals surface area (Å²) in [7, 11) is 0. The average molecular weight is 343 g/mol. The fraction of sp³-hybridized carbons (Fsp3) is 0.0769. The summed E-state index contributed by atoms with van der Waals surface area (Å²) < 4.78 is 0. The van der Waals surface area contributed by atoms with Gasteiger partial charge >= 0.3 is 0 Å². The van der Waals surface area contributed by atoms with Crippen molar-refractivity contribution in [1.29, 1.82) is 0 Å². The Balaban J connectivity index is 1.63. The van der Waals surface area contributed by atoms with Crippen LogP contribution in [0.5, 0.6) is 0 Å². The molecule has 8 rings (SSSR count). The van der Waals surface area contributed by atoms with E-state index in [1.54, 1.807) is 0 Å². The van der Waals surface area contributed by atoms with Gasteiger partial charge in [-0.15, -0.1) is 0 Å². The zero-order chi connectivity index (χ0) is 17.5. The summed E-state index contributed by atoms with van der Waals surface area (Å²) in [6.07, 6.45) is 0. The van der Waals surface area contributed by atoms with Crippen molar-refractivity contribution >= 4 is 21.8 Å². The molecule has 3 aliphatic carbocycles. The molecule has 0 radical (unpaired) electrons. The van der Waals surface area contributed by atoms with Crippen LogP contribution in [0, 0.1) is 0 Å². The minimum Gasteiger partial charge on any atom is -0.355 e. The summed E-state index contributed by atoms with van der Waals surface area (Å²) in [5.41, 5.74) is 11.3. The van der Waals surface area contributed by atoms with Crippen molar-refractivity contribution in [3.8, 4) is 0 Å². The van der Waals surface area contributed by atoms with E-state index in [1.807, 2.05) is 0 Å². The third-order valence-corrected chi connectivity index (χ3v) is 6.57. The second-order valence-electron chi connectivity index (χ2n) is 7.82. The molecule has 1 heterocycles. The van der Waals surface area contributed by atoms with E-state index in [2.05, 4.69) is 89.9 Å². The highest BCUT2D eigenvalue weighted by Crippen LogP contribution is 2.56. The second kappa shape index (κ2) is 4.69. The van der Waals surface area contributed by atoms with Crippen LogP contribution in [0.2, 0.25) is 0 Å². The summed E-state index contributed by atoms with van der Waals surface area (Å²) in [4.78, 5) is 3.64. The molecule has 1 heteroatoms. The standard InChI is InChI=1S/C26H17N/c1-3-10-18-16(8-1)25-17-9-2-4-11-19(17)26(18)22-14-24-20(13-21(22)25)15-7-5-6-12-23(15)27-24/h1-14,25-27H. The highest BCUT2D eigenvalue weighted by molar-refractivity contribution is 6.08. The number of benzene rings is 4. The van der Waals surface area contributed by atoms with Crippen LogP contribution in [0.4, 0.5) is 0 Å². The fourth-order valence-electron chi connectivity index (χ4n) is 5.51. The van der Waals surface area contributed by atoms with Crippen LogP contribution >= 0.6 is 0 Å². The summed E-state index contributed by atoms with van der Waals surface area (Å²) in [6, 6.07) is 31.5. The maximum absolute atomic E-state index is 3.64. The van der Waals surface area contributed by atoms with Gasteiger partial charge in [-0.05, 0) is 51.6 Å². The summed E-state index contributed by atoms with van der Waals surface area (Å²) >= 11 is 0. The second-order valence-corrected chi connectivity index (χ2v) is 7.82. The molecule has 1 N–H and O–H groups in total. The first-order valence-corrected chi connectivity index (χ1v) is 9.62. The van der Waals surface area contributed by atoms with Crippen LogP contribution in [0.25, 0.3) is 21.8 Å². The van der Waals surface area contributed by atoms with Crippen LogP contribution < -0.4 is 0 Å². The molecule has 0 saturated heterocycles. The molecule has 5 aromatic rings. The Morgan fingerprint density at radius 2 is 0.963 bits per heavy atom. The molecule has 1 nitrogen and oxygen atoms in total. The van der Waals surface area contributed by atoms with Crippen molar-refractivity contribution in [3.05, 3.63) is 118 Å². The molecular weight excluding hydrogens is 326 g/mol. The fourth-order valence-corrected chi connectivity index (χ4v) is 5.51. The molecule has 2 bridgehead atoms. The maximum Gasteiger partial charge on any atom is 0.0468 e. The van der Waals surface area contributed by atoms with E-state index < -0.39 is 0 Å². The van der Waals surface area contributed by atoms with Gasteiger partial charge in [0.15, 0.2) is 0 Å². The lowest BCUT2D eigenvalue weighted by Gasteiger charge is -2.42. The summed E-state index contributed by atoms with van der Waals surface area (Å²) in [6.45, 7) is 0. The number of H-pyrrole nitrogens is 1. The average Bonchev–Trinajstić information content (AvgIpc) is 3.09. The Kier molecular flexibility index (Phi) is 2.40. The van der Waals surface area contributed by atoms with Gasteiger partial charge in [0, 0.05) is 33.6 Å². The summed E-state index contributed by atoms with van der Waals surface area (Å²) in [5, 5.41) is 2.66. The van der Waals surface area contributed by atoms with E-state index in [1.165, 1.54) is 55.2 Å². The van der Waals surface area contributed by atoms with E-state index in [0.29, 0.717) is 11.8 Å². The van der Waals surface area contributed by atoms with Gasteiger partial charge in [0.2, 0.25) is 0 Å². The zero-order valence-corrected chi connectivity index (χ0v) is 14.7. The molecule has 3 aliphatic rings. The van der Waals surface area contributed by atoms with E-state index in [0.717, 1.165) is 0 Å². The first-order chi connectivity index (χ1) is 13.4. The first-order valence-electron chi connectivity index (χ1n) is 9.62. The van der Waals surface area contributed by atoms with Crippen LogP contribution in [0.3, 0.4) is 0 Å². The molecule has 27 heavy (non-hydrogen) atoms. The largest absolute Gasteiger partial charge is 0.355 e. The smallest absolute Gasteiger partial charge is 0.0468 e. The SMILES string of the molecule is c1ccc2c(c1)C1c3ccccc3C2c2cc3c(cc21)[nH]c1ccccc13. The first kappa shape index (κ1) is 13.8. The molecule has 4 aromatic carbocycles. The number of para-hydroxylation sites is 1. The van der Waals surface area contributed by atoms with Gasteiger partial charge in [0.25, 0.3) is 0 Å². The van der Waals surface area contributed by atoms with Gasteiger partial charge in [0.1, 0.15) is 0 Å². The normalized spacial score (nSPS) is 19.1. The Hall–Kier alpha value is -3.32. The quantitative estimate of drug-likeness (QED) is 0.332. The molecule has 1 aromatic heterocycles. The van der Waals surface area contributed by atoms with Crippen molar-refractivity contribution in [2.75, 3.05) is 0 Å². The van der Waals surface area contributed by atoms with Gasteiger partial charge in [-0.2, -0.15) is 0 Å². The minimum atomic E-state index is 0.341. The lowest BCUT2D eigenvalue weighted by atomic mass is 9.61. The van der Waals surface area contributed by atoms with Gasteiger partial charge < -0.3 is 4.98 Å². The Bertz CT molecular complexity index is 1340. The molecule has 0 fully saturated rings. The zero-order valence-electron chi connectivity index (χ0n) is 14.7. The summed E-state index contributed by atoms with van der Waals surface area (Å²) in [5.74, 6) is 0.684. The van der Waals surface area contributed by atoms with Crippen molar-refractivity contribution in [2.24, 2.45) is 0 Å². The Morgan fingerprint density at radius 3 is 1.59 bits per heavy atom. The number of rotatable bonds is 0. The van der Waals surface area contributed by atoms with E-state index >= 15 is 0 Å².